The number of carbonyl (C=O) groups excluding carboxylic acids is 2. The second-order valence-electron chi connectivity index (χ2n) is 10.9. The maximum atomic E-state index is 13.7. The van der Waals surface area contributed by atoms with Gasteiger partial charge in [-0.2, -0.15) is 0 Å². The molecule has 1 aromatic heterocycles. The van der Waals surface area contributed by atoms with Gasteiger partial charge in [0.2, 0.25) is 5.91 Å². The standard InChI is InChI=1S/C29H34N4O3S/c1-20(34)32-12-5-22(6-13-32)30-23-3-4-26-25(15-23)28(36)33(19-29(26)9-2-10-29)18-24(35)17-31-11-7-27-21(16-31)8-14-37-27/h3-6,8,12,14-15,24,30,35H,2,7,9-11,13,16-19H2,1H3/t24-/m1/s1. The lowest BCUT2D eigenvalue weighted by Gasteiger charge is -2.50. The SMILES string of the molecule is CC(=O)N1C=CC(Nc2ccc3c(c2)C(=O)N(C[C@H](O)CN2CCc4sccc4C2)CC32CCC2)=CC1. The second kappa shape index (κ2) is 9.74. The molecule has 0 radical (unpaired) electrons. The number of thiophene rings is 1. The number of carbonyl (C=O) groups is 2. The van der Waals surface area contributed by atoms with Crippen molar-refractivity contribution in [2.75, 3.05) is 38.0 Å². The summed E-state index contributed by atoms with van der Waals surface area (Å²) >= 11 is 1.82. The number of β-amino-alcohol motifs (C(OH)–C–C–N with tert-alkyl or cyclic N) is 1. The molecule has 8 heteroatoms. The zero-order chi connectivity index (χ0) is 25.6. The van der Waals surface area contributed by atoms with Crippen LogP contribution in [-0.4, -0.2) is 70.4 Å². The first kappa shape index (κ1) is 24.4. The molecule has 2 aromatic rings. The first-order valence-electron chi connectivity index (χ1n) is 13.2. The third-order valence-electron chi connectivity index (χ3n) is 8.33. The first-order chi connectivity index (χ1) is 17.9. The summed E-state index contributed by atoms with van der Waals surface area (Å²) in [6.45, 7) is 5.53. The van der Waals surface area contributed by atoms with Crippen LogP contribution >= 0.6 is 11.3 Å². The molecule has 4 aliphatic rings. The van der Waals surface area contributed by atoms with Crippen LogP contribution in [0.15, 0.2) is 53.7 Å². The van der Waals surface area contributed by atoms with E-state index < -0.39 is 6.10 Å². The Morgan fingerprint density at radius 2 is 2.11 bits per heavy atom. The maximum absolute atomic E-state index is 13.7. The molecule has 1 aliphatic carbocycles. The van der Waals surface area contributed by atoms with Crippen molar-refractivity contribution in [1.82, 2.24) is 14.7 Å². The zero-order valence-corrected chi connectivity index (χ0v) is 22.1. The van der Waals surface area contributed by atoms with Gasteiger partial charge in [0.05, 0.1) is 6.10 Å². The number of allylic oxidation sites excluding steroid dienone is 1. The summed E-state index contributed by atoms with van der Waals surface area (Å²) < 4.78 is 0. The fourth-order valence-corrected chi connectivity index (χ4v) is 7.08. The topological polar surface area (TPSA) is 76.1 Å². The summed E-state index contributed by atoms with van der Waals surface area (Å²) in [5.41, 5.74) is 5.03. The van der Waals surface area contributed by atoms with Gasteiger partial charge in [0, 0.05) is 79.6 Å². The number of hydrogen-bond donors (Lipinski definition) is 2. The number of aliphatic hydroxyl groups excluding tert-OH is 1. The summed E-state index contributed by atoms with van der Waals surface area (Å²) in [5.74, 6) is 0.0143. The van der Waals surface area contributed by atoms with E-state index >= 15 is 0 Å². The first-order valence-corrected chi connectivity index (χ1v) is 14.1. The number of anilines is 1. The lowest BCUT2D eigenvalue weighted by atomic mass is 9.61. The molecule has 3 aliphatic heterocycles. The van der Waals surface area contributed by atoms with Crippen LogP contribution in [0.3, 0.4) is 0 Å². The molecule has 194 valence electrons. The molecule has 1 aromatic carbocycles. The molecule has 6 rings (SSSR count). The van der Waals surface area contributed by atoms with Crippen LogP contribution in [0, 0.1) is 0 Å². The minimum Gasteiger partial charge on any atom is -0.390 e. The number of nitrogens with zero attached hydrogens (tertiary/aromatic N) is 3. The minimum atomic E-state index is -0.578. The molecule has 1 spiro atoms. The highest BCUT2D eigenvalue weighted by atomic mass is 32.1. The molecule has 2 N–H and O–H groups in total. The number of nitrogens with one attached hydrogen (secondary N) is 1. The maximum Gasteiger partial charge on any atom is 0.254 e. The van der Waals surface area contributed by atoms with Gasteiger partial charge in [-0.1, -0.05) is 12.5 Å². The Hall–Kier alpha value is -2.94. The number of rotatable bonds is 6. The summed E-state index contributed by atoms with van der Waals surface area (Å²) in [7, 11) is 0. The fraction of sp³-hybridized carbons (Fsp3) is 0.448. The minimum absolute atomic E-state index is 0.00416. The van der Waals surface area contributed by atoms with E-state index in [1.807, 2.05) is 34.5 Å². The summed E-state index contributed by atoms with van der Waals surface area (Å²) in [6, 6.07) is 8.32. The van der Waals surface area contributed by atoms with Gasteiger partial charge in [-0.3, -0.25) is 14.5 Å². The average molecular weight is 519 g/mol. The van der Waals surface area contributed by atoms with Gasteiger partial charge in [0.15, 0.2) is 0 Å². The van der Waals surface area contributed by atoms with Crippen molar-refractivity contribution in [3.05, 3.63) is 75.3 Å². The number of fused-ring (bicyclic) bond motifs is 3. The third kappa shape index (κ3) is 4.74. The van der Waals surface area contributed by atoms with E-state index in [0.717, 1.165) is 54.9 Å². The molecule has 37 heavy (non-hydrogen) atoms. The second-order valence-corrected chi connectivity index (χ2v) is 11.9. The quantitative estimate of drug-likeness (QED) is 0.610. The molecule has 0 saturated heterocycles. The monoisotopic (exact) mass is 518 g/mol. The van der Waals surface area contributed by atoms with E-state index in [0.29, 0.717) is 26.2 Å². The molecule has 0 unspecified atom stereocenters. The van der Waals surface area contributed by atoms with Crippen LogP contribution in [-0.2, 0) is 23.2 Å². The fourth-order valence-electron chi connectivity index (χ4n) is 6.19. The van der Waals surface area contributed by atoms with Gasteiger partial charge in [-0.05, 0) is 66.1 Å². The highest BCUT2D eigenvalue weighted by Gasteiger charge is 2.47. The highest BCUT2D eigenvalue weighted by molar-refractivity contribution is 7.10. The van der Waals surface area contributed by atoms with Crippen LogP contribution < -0.4 is 5.32 Å². The molecule has 1 saturated carbocycles. The predicted octanol–water partition coefficient (Wildman–Crippen LogP) is 3.72. The normalized spacial score (nSPS) is 21.2. The molecule has 4 heterocycles. The molecule has 2 amide bonds. The average Bonchev–Trinajstić information content (AvgIpc) is 3.33. The van der Waals surface area contributed by atoms with Crippen LogP contribution in [0.2, 0.25) is 0 Å². The highest BCUT2D eigenvalue weighted by Crippen LogP contribution is 2.48. The van der Waals surface area contributed by atoms with E-state index in [-0.39, 0.29) is 17.2 Å². The van der Waals surface area contributed by atoms with Crippen LogP contribution in [0.1, 0.15) is 52.5 Å². The van der Waals surface area contributed by atoms with Crippen molar-refractivity contribution in [2.45, 2.75) is 50.7 Å². The van der Waals surface area contributed by atoms with E-state index in [2.05, 4.69) is 33.8 Å². The van der Waals surface area contributed by atoms with Gasteiger partial charge in [-0.25, -0.2) is 0 Å². The molecule has 1 fully saturated rings. The Morgan fingerprint density at radius 3 is 2.84 bits per heavy atom. The lowest BCUT2D eigenvalue weighted by Crippen LogP contribution is -2.55. The largest absolute Gasteiger partial charge is 0.390 e. The Bertz CT molecular complexity index is 1280. The predicted molar refractivity (Wildman–Crippen MR) is 145 cm³/mol. The van der Waals surface area contributed by atoms with Crippen molar-refractivity contribution < 1.29 is 14.7 Å². The number of benzene rings is 1. The lowest BCUT2D eigenvalue weighted by molar-refractivity contribution is -0.125. The van der Waals surface area contributed by atoms with E-state index in [9.17, 15) is 14.7 Å². The number of aliphatic hydroxyl groups is 1. The van der Waals surface area contributed by atoms with Gasteiger partial charge >= 0.3 is 0 Å². The summed E-state index contributed by atoms with van der Waals surface area (Å²) in [4.78, 5) is 32.5. The van der Waals surface area contributed by atoms with E-state index in [4.69, 9.17) is 0 Å². The van der Waals surface area contributed by atoms with Crippen LogP contribution in [0.5, 0.6) is 0 Å². The van der Waals surface area contributed by atoms with Crippen LogP contribution in [0.4, 0.5) is 5.69 Å². The van der Waals surface area contributed by atoms with Crippen molar-refractivity contribution in [3.8, 4) is 0 Å². The molecular formula is C29H34N4O3S. The van der Waals surface area contributed by atoms with Crippen LogP contribution in [0.25, 0.3) is 0 Å². The Kier molecular flexibility index (Phi) is 6.42. The van der Waals surface area contributed by atoms with Gasteiger partial charge in [-0.15, -0.1) is 11.3 Å². The Morgan fingerprint density at radius 1 is 1.24 bits per heavy atom. The van der Waals surface area contributed by atoms with Crippen molar-refractivity contribution >= 4 is 28.8 Å². The molecule has 1 atom stereocenters. The molecular weight excluding hydrogens is 484 g/mol. The van der Waals surface area contributed by atoms with Gasteiger partial charge in [0.1, 0.15) is 0 Å². The third-order valence-corrected chi connectivity index (χ3v) is 9.36. The molecule has 0 bridgehead atoms. The van der Waals surface area contributed by atoms with Crippen molar-refractivity contribution in [1.29, 1.82) is 0 Å². The molecule has 7 nitrogen and oxygen atoms in total. The van der Waals surface area contributed by atoms with E-state index in [1.165, 1.54) is 16.9 Å². The van der Waals surface area contributed by atoms with Gasteiger partial charge in [0.25, 0.3) is 5.91 Å². The van der Waals surface area contributed by atoms with Gasteiger partial charge < -0.3 is 20.2 Å². The number of amides is 2. The van der Waals surface area contributed by atoms with Crippen molar-refractivity contribution in [3.63, 3.8) is 0 Å². The Labute approximate surface area is 222 Å². The Balaban J connectivity index is 1.16. The smallest absolute Gasteiger partial charge is 0.254 e. The zero-order valence-electron chi connectivity index (χ0n) is 21.3. The van der Waals surface area contributed by atoms with E-state index in [1.54, 1.807) is 18.0 Å². The van der Waals surface area contributed by atoms with Crippen molar-refractivity contribution in [2.24, 2.45) is 0 Å². The summed E-state index contributed by atoms with van der Waals surface area (Å²) in [5, 5.41) is 16.6. The number of hydrogen-bond acceptors (Lipinski definition) is 6. The summed E-state index contributed by atoms with van der Waals surface area (Å²) in [6.07, 6.45) is 9.41.